The fourth-order valence-electron chi connectivity index (χ4n) is 1.49. The molecule has 84 valence electrons. The normalized spacial score (nSPS) is 10.6. The molecule has 0 saturated heterocycles. The van der Waals surface area contributed by atoms with E-state index in [-0.39, 0.29) is 12.1 Å². The maximum atomic E-state index is 11.7. The number of nitrogens with zero attached hydrogens (tertiary/aromatic N) is 1. The van der Waals surface area contributed by atoms with Gasteiger partial charge in [0.1, 0.15) is 0 Å². The molecule has 3 N–H and O–H groups in total. The van der Waals surface area contributed by atoms with Gasteiger partial charge in [0.2, 0.25) is 0 Å². The van der Waals surface area contributed by atoms with Crippen LogP contribution in [0.25, 0.3) is 0 Å². The van der Waals surface area contributed by atoms with E-state index in [1.165, 1.54) is 4.68 Å². The van der Waals surface area contributed by atoms with Gasteiger partial charge in [-0.25, -0.2) is 4.68 Å². The van der Waals surface area contributed by atoms with E-state index in [2.05, 4.69) is 5.10 Å². The summed E-state index contributed by atoms with van der Waals surface area (Å²) in [5, 5.41) is 3.56. The van der Waals surface area contributed by atoms with E-state index < -0.39 is 0 Å². The second kappa shape index (κ2) is 4.55. The summed E-state index contributed by atoms with van der Waals surface area (Å²) in [6, 6.07) is 7.37. The van der Waals surface area contributed by atoms with Crippen LogP contribution in [-0.4, -0.2) is 9.78 Å². The topological polar surface area (TPSA) is 63.8 Å². The Morgan fingerprint density at radius 2 is 2.00 bits per heavy atom. The molecule has 5 heteroatoms. The summed E-state index contributed by atoms with van der Waals surface area (Å²) in [7, 11) is 0. The van der Waals surface area contributed by atoms with E-state index in [4.69, 9.17) is 17.3 Å². The molecule has 16 heavy (non-hydrogen) atoms. The lowest BCUT2D eigenvalue weighted by Gasteiger charge is -2.01. The fourth-order valence-corrected chi connectivity index (χ4v) is 1.61. The van der Waals surface area contributed by atoms with Gasteiger partial charge < -0.3 is 10.8 Å². The molecule has 1 aromatic carbocycles. The highest BCUT2D eigenvalue weighted by atomic mass is 35.5. The van der Waals surface area contributed by atoms with Crippen molar-refractivity contribution < 1.29 is 0 Å². The Morgan fingerprint density at radius 3 is 2.56 bits per heavy atom. The second-order valence-corrected chi connectivity index (χ2v) is 3.96. The Morgan fingerprint density at radius 1 is 1.31 bits per heavy atom. The molecule has 0 amide bonds. The van der Waals surface area contributed by atoms with Crippen LogP contribution in [0.1, 0.15) is 11.1 Å². The first kappa shape index (κ1) is 11.0. The van der Waals surface area contributed by atoms with Gasteiger partial charge in [0.25, 0.3) is 5.56 Å². The van der Waals surface area contributed by atoms with Crippen molar-refractivity contribution in [3.63, 3.8) is 0 Å². The zero-order chi connectivity index (χ0) is 11.5. The fraction of sp³-hybridized carbons (Fsp3) is 0.182. The summed E-state index contributed by atoms with van der Waals surface area (Å²) in [6.45, 7) is 0.749. The molecule has 4 nitrogen and oxygen atoms in total. The van der Waals surface area contributed by atoms with E-state index in [1.807, 2.05) is 12.1 Å². The number of benzene rings is 1. The van der Waals surface area contributed by atoms with Gasteiger partial charge >= 0.3 is 0 Å². The molecular weight excluding hydrogens is 226 g/mol. The number of nitrogens with one attached hydrogen (secondary N) is 1. The Labute approximate surface area is 97.6 Å². The van der Waals surface area contributed by atoms with Gasteiger partial charge in [0, 0.05) is 23.3 Å². The van der Waals surface area contributed by atoms with Crippen molar-refractivity contribution in [3.05, 3.63) is 57.0 Å². The summed E-state index contributed by atoms with van der Waals surface area (Å²) in [5.74, 6) is 0. The lowest BCUT2D eigenvalue weighted by molar-refractivity contribution is 0.662. The van der Waals surface area contributed by atoms with Crippen LogP contribution in [-0.2, 0) is 13.1 Å². The van der Waals surface area contributed by atoms with Crippen molar-refractivity contribution in [1.82, 2.24) is 9.78 Å². The molecule has 0 spiro atoms. The van der Waals surface area contributed by atoms with Crippen LogP contribution in [0.4, 0.5) is 0 Å². The molecule has 0 fully saturated rings. The third-order valence-electron chi connectivity index (χ3n) is 2.39. The van der Waals surface area contributed by atoms with Crippen LogP contribution in [0.5, 0.6) is 0 Å². The van der Waals surface area contributed by atoms with Crippen LogP contribution in [0, 0.1) is 0 Å². The highest BCUT2D eigenvalue weighted by Crippen LogP contribution is 2.09. The molecule has 2 rings (SSSR count). The van der Waals surface area contributed by atoms with Gasteiger partial charge in [-0.05, 0) is 17.7 Å². The molecule has 0 unspecified atom stereocenters. The average Bonchev–Trinajstić information content (AvgIpc) is 2.63. The summed E-state index contributed by atoms with van der Waals surface area (Å²) in [6.07, 6.45) is 1.64. The molecule has 0 aliphatic rings. The minimum atomic E-state index is -0.0718. The summed E-state index contributed by atoms with van der Waals surface area (Å²) in [4.78, 5) is 11.7. The number of rotatable bonds is 3. The summed E-state index contributed by atoms with van der Waals surface area (Å²) >= 11 is 5.78. The predicted octanol–water partition coefficient (Wildman–Crippen LogP) is 1.34. The van der Waals surface area contributed by atoms with Crippen LogP contribution in [0.3, 0.4) is 0 Å². The van der Waals surface area contributed by atoms with E-state index in [0.29, 0.717) is 17.1 Å². The van der Waals surface area contributed by atoms with Crippen LogP contribution in [0.2, 0.25) is 5.02 Å². The zero-order valence-corrected chi connectivity index (χ0v) is 9.37. The standard InChI is InChI=1S/C11H12ClN3O/c12-10-3-1-8(2-4-10)7-15-11(16)9(5-13)6-14-15/h1-4,6,14H,5,7,13H2. The molecule has 1 aromatic heterocycles. The first-order valence-electron chi connectivity index (χ1n) is 4.92. The Balaban J connectivity index is 2.24. The highest BCUT2D eigenvalue weighted by Gasteiger charge is 2.04. The molecule has 1 heterocycles. The molecule has 2 aromatic rings. The Hall–Kier alpha value is -1.52. The van der Waals surface area contributed by atoms with E-state index in [9.17, 15) is 4.79 Å². The van der Waals surface area contributed by atoms with Crippen molar-refractivity contribution in [3.8, 4) is 0 Å². The van der Waals surface area contributed by atoms with Crippen molar-refractivity contribution in [2.75, 3.05) is 0 Å². The van der Waals surface area contributed by atoms with Gasteiger partial charge in [-0.1, -0.05) is 23.7 Å². The average molecular weight is 238 g/mol. The molecule has 0 bridgehead atoms. The Kier molecular flexibility index (Phi) is 3.12. The van der Waals surface area contributed by atoms with Gasteiger partial charge in [-0.2, -0.15) is 0 Å². The maximum absolute atomic E-state index is 11.7. The number of H-pyrrole nitrogens is 1. The predicted molar refractivity (Wildman–Crippen MR) is 63.5 cm³/mol. The zero-order valence-electron chi connectivity index (χ0n) is 8.61. The van der Waals surface area contributed by atoms with Gasteiger partial charge in [-0.15, -0.1) is 0 Å². The molecular formula is C11H12ClN3O. The summed E-state index contributed by atoms with van der Waals surface area (Å²) < 4.78 is 1.52. The van der Waals surface area contributed by atoms with Crippen molar-refractivity contribution in [2.45, 2.75) is 13.1 Å². The monoisotopic (exact) mass is 237 g/mol. The number of halogens is 1. The first-order valence-corrected chi connectivity index (χ1v) is 5.30. The van der Waals surface area contributed by atoms with Crippen molar-refractivity contribution in [1.29, 1.82) is 0 Å². The van der Waals surface area contributed by atoms with Crippen molar-refractivity contribution in [2.24, 2.45) is 5.73 Å². The smallest absolute Gasteiger partial charge is 0.271 e. The third kappa shape index (κ3) is 2.18. The van der Waals surface area contributed by atoms with E-state index in [0.717, 1.165) is 5.56 Å². The second-order valence-electron chi connectivity index (χ2n) is 3.52. The minimum absolute atomic E-state index is 0.0718. The van der Waals surface area contributed by atoms with E-state index >= 15 is 0 Å². The number of aromatic nitrogens is 2. The minimum Gasteiger partial charge on any atom is -0.326 e. The quantitative estimate of drug-likeness (QED) is 0.846. The number of nitrogens with two attached hydrogens (primary N) is 1. The molecule has 0 aliphatic heterocycles. The number of hydrogen-bond acceptors (Lipinski definition) is 2. The third-order valence-corrected chi connectivity index (χ3v) is 2.64. The molecule has 0 aliphatic carbocycles. The van der Waals surface area contributed by atoms with Gasteiger partial charge in [0.05, 0.1) is 6.54 Å². The lowest BCUT2D eigenvalue weighted by atomic mass is 10.2. The number of aromatic amines is 1. The van der Waals surface area contributed by atoms with Crippen molar-refractivity contribution >= 4 is 11.6 Å². The summed E-state index contributed by atoms with van der Waals surface area (Å²) in [5.41, 5.74) is 6.96. The number of hydrogen-bond donors (Lipinski definition) is 2. The first-order chi connectivity index (χ1) is 7.70. The molecule has 0 radical (unpaired) electrons. The van der Waals surface area contributed by atoms with E-state index in [1.54, 1.807) is 18.3 Å². The van der Waals surface area contributed by atoms with Crippen LogP contribution < -0.4 is 11.3 Å². The molecule has 0 saturated carbocycles. The SMILES string of the molecule is NCc1c[nH]n(Cc2ccc(Cl)cc2)c1=O. The maximum Gasteiger partial charge on any atom is 0.271 e. The van der Waals surface area contributed by atoms with Crippen LogP contribution in [0.15, 0.2) is 35.3 Å². The van der Waals surface area contributed by atoms with Gasteiger partial charge in [0.15, 0.2) is 0 Å². The lowest BCUT2D eigenvalue weighted by Crippen LogP contribution is -2.21. The Bertz CT molecular complexity index is 527. The van der Waals surface area contributed by atoms with Gasteiger partial charge in [-0.3, -0.25) is 4.79 Å². The molecule has 0 atom stereocenters. The largest absolute Gasteiger partial charge is 0.326 e. The van der Waals surface area contributed by atoms with Crippen LogP contribution >= 0.6 is 11.6 Å². The highest BCUT2D eigenvalue weighted by molar-refractivity contribution is 6.30.